The van der Waals surface area contributed by atoms with Gasteiger partial charge in [-0.2, -0.15) is 0 Å². The maximum Gasteiger partial charge on any atom is 0.312 e. The van der Waals surface area contributed by atoms with Crippen LogP contribution in [0.2, 0.25) is 0 Å². The summed E-state index contributed by atoms with van der Waals surface area (Å²) in [7, 11) is 1.60. The topological polar surface area (TPSA) is 52.3 Å². The molecule has 7 atom stereocenters. The van der Waals surface area contributed by atoms with Gasteiger partial charge < -0.3 is 9.26 Å². The highest BCUT2D eigenvalue weighted by atomic mass is 16.5. The number of allylic oxidation sites excluding steroid dienone is 2. The summed E-state index contributed by atoms with van der Waals surface area (Å²) in [6.45, 7) is 17.4. The first kappa shape index (κ1) is 24.7. The zero-order chi connectivity index (χ0) is 25.9. The standard InChI is InChI=1S/C32H47NO3/c1-27(2)13-15-32(26(34)35-8)16-14-30(6)21(22(32)18-27)9-10-24-29(5)17-20-19-33-36-25(20)28(3,4)23(29)11-12-31(24,30)7/h9,19,22-24H,10-18H2,1-8H3/t22-,23+,24-,29-,30+,31+,32-/m0/s1. The van der Waals surface area contributed by atoms with Crippen LogP contribution < -0.4 is 0 Å². The molecule has 4 nitrogen and oxygen atoms in total. The molecule has 5 aliphatic carbocycles. The highest BCUT2D eigenvalue weighted by Gasteiger charge is 2.69. The molecule has 5 aliphatic rings. The van der Waals surface area contributed by atoms with E-state index in [0.29, 0.717) is 17.8 Å². The van der Waals surface area contributed by atoms with Crippen molar-refractivity contribution in [3.05, 3.63) is 29.2 Å². The number of ether oxygens (including phenoxy) is 1. The van der Waals surface area contributed by atoms with Crippen LogP contribution in [0.5, 0.6) is 0 Å². The molecule has 0 amide bonds. The van der Waals surface area contributed by atoms with Gasteiger partial charge in [-0.15, -0.1) is 0 Å². The van der Waals surface area contributed by atoms with Crippen molar-refractivity contribution in [1.82, 2.24) is 5.16 Å². The fraction of sp³-hybridized carbons (Fsp3) is 0.812. The second-order valence-corrected chi connectivity index (χ2v) is 15.4. The van der Waals surface area contributed by atoms with Crippen LogP contribution in [0.15, 0.2) is 22.4 Å². The van der Waals surface area contributed by atoms with E-state index in [0.717, 1.165) is 50.7 Å². The normalized spacial score (nSPS) is 46.2. The third-order valence-corrected chi connectivity index (χ3v) is 13.2. The third kappa shape index (κ3) is 2.83. The Balaban J connectivity index is 1.46. The van der Waals surface area contributed by atoms with Crippen molar-refractivity contribution < 1.29 is 14.1 Å². The number of carbonyl (C=O) groups is 1. The number of fused-ring (bicyclic) bond motifs is 8. The van der Waals surface area contributed by atoms with Crippen LogP contribution in [0.1, 0.15) is 111 Å². The van der Waals surface area contributed by atoms with Crippen molar-refractivity contribution in [2.45, 2.75) is 112 Å². The van der Waals surface area contributed by atoms with Gasteiger partial charge in [0.15, 0.2) is 0 Å². The number of hydrogen-bond donors (Lipinski definition) is 0. The van der Waals surface area contributed by atoms with Crippen molar-refractivity contribution in [2.75, 3.05) is 7.11 Å². The van der Waals surface area contributed by atoms with Gasteiger partial charge >= 0.3 is 5.97 Å². The van der Waals surface area contributed by atoms with Crippen molar-refractivity contribution in [2.24, 2.45) is 44.8 Å². The van der Waals surface area contributed by atoms with Gasteiger partial charge in [-0.05, 0) is 97.2 Å². The first-order chi connectivity index (χ1) is 16.8. The second kappa shape index (κ2) is 7.29. The van der Waals surface area contributed by atoms with Gasteiger partial charge in [0.2, 0.25) is 0 Å². The molecule has 4 heteroatoms. The molecule has 0 aliphatic heterocycles. The van der Waals surface area contributed by atoms with Crippen LogP contribution in [-0.2, 0) is 21.4 Å². The van der Waals surface area contributed by atoms with Gasteiger partial charge in [-0.25, -0.2) is 0 Å². The minimum absolute atomic E-state index is 0.00502. The van der Waals surface area contributed by atoms with Crippen LogP contribution in [0.4, 0.5) is 0 Å². The number of methoxy groups -OCH3 is 1. The van der Waals surface area contributed by atoms with Crippen LogP contribution in [-0.4, -0.2) is 18.2 Å². The van der Waals surface area contributed by atoms with E-state index in [1.165, 1.54) is 18.4 Å². The van der Waals surface area contributed by atoms with Crippen LogP contribution >= 0.6 is 0 Å². The average molecular weight is 494 g/mol. The first-order valence-corrected chi connectivity index (χ1v) is 14.5. The molecule has 1 aromatic rings. The van der Waals surface area contributed by atoms with Crippen molar-refractivity contribution in [3.63, 3.8) is 0 Å². The Kier molecular flexibility index (Phi) is 5.01. The van der Waals surface area contributed by atoms with Gasteiger partial charge in [-0.3, -0.25) is 4.79 Å². The van der Waals surface area contributed by atoms with E-state index in [1.807, 2.05) is 6.20 Å². The molecule has 3 fully saturated rings. The molecular weight excluding hydrogens is 446 g/mol. The number of hydrogen-bond acceptors (Lipinski definition) is 4. The molecule has 198 valence electrons. The molecule has 0 N–H and O–H groups in total. The van der Waals surface area contributed by atoms with E-state index < -0.39 is 0 Å². The van der Waals surface area contributed by atoms with Crippen LogP contribution in [0.3, 0.4) is 0 Å². The molecule has 3 saturated carbocycles. The molecule has 36 heavy (non-hydrogen) atoms. The Hall–Kier alpha value is -1.58. The van der Waals surface area contributed by atoms with Gasteiger partial charge in [0.05, 0.1) is 18.7 Å². The molecule has 1 heterocycles. The van der Waals surface area contributed by atoms with E-state index in [2.05, 4.69) is 59.7 Å². The second-order valence-electron chi connectivity index (χ2n) is 15.4. The highest BCUT2D eigenvalue weighted by Crippen LogP contribution is 2.75. The van der Waals surface area contributed by atoms with E-state index >= 15 is 0 Å². The lowest BCUT2D eigenvalue weighted by Crippen LogP contribution is -2.64. The van der Waals surface area contributed by atoms with Gasteiger partial charge in [0.25, 0.3) is 0 Å². The maximum atomic E-state index is 13.4. The average Bonchev–Trinajstić information content (AvgIpc) is 3.27. The molecule has 0 saturated heterocycles. The summed E-state index contributed by atoms with van der Waals surface area (Å²) in [6.07, 6.45) is 14.6. The minimum Gasteiger partial charge on any atom is -0.469 e. The summed E-state index contributed by atoms with van der Waals surface area (Å²) in [5.41, 5.74) is 3.42. The largest absolute Gasteiger partial charge is 0.469 e. The molecular formula is C32H47NO3. The summed E-state index contributed by atoms with van der Waals surface area (Å²) in [6, 6.07) is 0. The van der Waals surface area contributed by atoms with E-state index in [-0.39, 0.29) is 38.5 Å². The molecule has 0 unspecified atom stereocenters. The first-order valence-electron chi connectivity index (χ1n) is 14.5. The van der Waals surface area contributed by atoms with Crippen molar-refractivity contribution >= 4 is 5.97 Å². The van der Waals surface area contributed by atoms with Crippen LogP contribution in [0.25, 0.3) is 0 Å². The summed E-state index contributed by atoms with van der Waals surface area (Å²) in [5, 5.41) is 4.25. The Morgan fingerprint density at radius 2 is 1.72 bits per heavy atom. The fourth-order valence-electron chi connectivity index (χ4n) is 11.1. The summed E-state index contributed by atoms with van der Waals surface area (Å²) < 4.78 is 11.4. The quantitative estimate of drug-likeness (QED) is 0.298. The zero-order valence-electron chi connectivity index (χ0n) is 23.9. The molecule has 0 radical (unpaired) electrons. The molecule has 0 spiro atoms. The molecule has 6 rings (SSSR count). The SMILES string of the molecule is COC(=O)[C@]12CCC(C)(C)C[C@H]1C1=CC[C@H]3[C@@]4(C)Cc5cnoc5C(C)(C)[C@H]4CC[C@@]3(C)[C@]1(C)CC2. The smallest absolute Gasteiger partial charge is 0.312 e. The number of esters is 1. The lowest BCUT2D eigenvalue weighted by molar-refractivity contribution is -0.179. The Labute approximate surface area is 218 Å². The number of rotatable bonds is 1. The van der Waals surface area contributed by atoms with E-state index in [9.17, 15) is 4.79 Å². The molecule has 0 bridgehead atoms. The van der Waals surface area contributed by atoms with Crippen molar-refractivity contribution in [3.8, 4) is 0 Å². The zero-order valence-corrected chi connectivity index (χ0v) is 23.9. The Morgan fingerprint density at radius 3 is 2.44 bits per heavy atom. The van der Waals surface area contributed by atoms with Gasteiger partial charge in [0, 0.05) is 11.0 Å². The maximum absolute atomic E-state index is 13.4. The fourth-order valence-corrected chi connectivity index (χ4v) is 11.1. The molecule has 0 aromatic carbocycles. The van der Waals surface area contributed by atoms with E-state index in [1.54, 1.807) is 12.7 Å². The summed E-state index contributed by atoms with van der Waals surface area (Å²) >= 11 is 0. The van der Waals surface area contributed by atoms with Crippen molar-refractivity contribution in [1.29, 1.82) is 0 Å². The minimum atomic E-state index is -0.329. The van der Waals surface area contributed by atoms with Crippen LogP contribution in [0, 0.1) is 44.8 Å². The molecule has 1 aromatic heterocycles. The predicted molar refractivity (Wildman–Crippen MR) is 141 cm³/mol. The number of nitrogens with zero attached hydrogens (tertiary/aromatic N) is 1. The highest BCUT2D eigenvalue weighted by molar-refractivity contribution is 5.78. The lowest BCUT2D eigenvalue weighted by atomic mass is 9.33. The van der Waals surface area contributed by atoms with Gasteiger partial charge in [-0.1, -0.05) is 65.3 Å². The Morgan fingerprint density at radius 1 is 1.00 bits per heavy atom. The lowest BCUT2D eigenvalue weighted by Gasteiger charge is -2.70. The summed E-state index contributed by atoms with van der Waals surface area (Å²) in [4.78, 5) is 13.4. The third-order valence-electron chi connectivity index (χ3n) is 13.2. The summed E-state index contributed by atoms with van der Waals surface area (Å²) in [5.74, 6) is 2.68. The van der Waals surface area contributed by atoms with Gasteiger partial charge in [0.1, 0.15) is 5.76 Å². The Bertz CT molecular complexity index is 1130. The number of carbonyl (C=O) groups excluding carboxylic acids is 1. The number of aromatic nitrogens is 1. The van der Waals surface area contributed by atoms with E-state index in [4.69, 9.17) is 9.26 Å². The predicted octanol–water partition coefficient (Wildman–Crippen LogP) is 7.66. The monoisotopic (exact) mass is 493 g/mol.